The van der Waals surface area contributed by atoms with Gasteiger partial charge in [0.1, 0.15) is 0 Å². The Morgan fingerprint density at radius 1 is 1.29 bits per heavy atom. The highest BCUT2D eigenvalue weighted by Gasteiger charge is 2.74. The summed E-state index contributed by atoms with van der Waals surface area (Å²) in [5.74, 6) is -1.67. The first-order chi connectivity index (χ1) is 14.5. The molecule has 0 aliphatic heterocycles. The van der Waals surface area contributed by atoms with Crippen LogP contribution in [-0.2, 0) is 19.1 Å². The normalized spacial score (nSPS) is 45.9. The summed E-state index contributed by atoms with van der Waals surface area (Å²) in [5, 5.41) is 11.5. The molecule has 0 unspecified atom stereocenters. The Kier molecular flexibility index (Phi) is 5.29. The summed E-state index contributed by atoms with van der Waals surface area (Å²) in [7, 11) is 0. The second-order valence-electron chi connectivity index (χ2n) is 10.0. The molecule has 7 heteroatoms. The number of aliphatic hydroxyl groups excluding tert-OH is 1. The summed E-state index contributed by atoms with van der Waals surface area (Å²) in [6.45, 7) is 4.21. The zero-order chi connectivity index (χ0) is 22.8. The molecule has 4 rings (SSSR count). The van der Waals surface area contributed by atoms with E-state index in [0.717, 1.165) is 5.57 Å². The van der Waals surface area contributed by atoms with E-state index in [1.165, 1.54) is 6.08 Å². The molecule has 31 heavy (non-hydrogen) atoms. The van der Waals surface area contributed by atoms with Crippen LogP contribution in [0.5, 0.6) is 0 Å². The fraction of sp³-hybridized carbons (Fsp3) is 0.708. The van der Waals surface area contributed by atoms with Gasteiger partial charge in [0.15, 0.2) is 18.1 Å². The van der Waals surface area contributed by atoms with Crippen molar-refractivity contribution in [2.75, 3.05) is 6.67 Å². The maximum Gasteiger partial charge on any atom is 0.306 e. The van der Waals surface area contributed by atoms with Crippen molar-refractivity contribution in [3.05, 3.63) is 23.8 Å². The van der Waals surface area contributed by atoms with Gasteiger partial charge in [0.05, 0.1) is 11.0 Å². The van der Waals surface area contributed by atoms with Crippen LogP contribution in [0, 0.1) is 22.7 Å². The van der Waals surface area contributed by atoms with Crippen LogP contribution in [0.2, 0.25) is 0 Å². The Labute approximate surface area is 187 Å². The van der Waals surface area contributed by atoms with Crippen molar-refractivity contribution < 1.29 is 28.6 Å². The number of ketones is 2. The maximum atomic E-state index is 13.7. The van der Waals surface area contributed by atoms with E-state index in [2.05, 4.69) is 0 Å². The summed E-state index contributed by atoms with van der Waals surface area (Å²) in [4.78, 5) is 36.1. The number of Topliss-reactive ketones (excluding diaryl/α,β-unsaturated/α-hetero) is 1. The van der Waals surface area contributed by atoms with Gasteiger partial charge in [-0.2, -0.15) is 0 Å². The molecule has 0 radical (unpaired) electrons. The van der Waals surface area contributed by atoms with E-state index in [1.807, 2.05) is 19.9 Å². The average Bonchev–Trinajstić information content (AvgIpc) is 3.01. The predicted molar refractivity (Wildman–Crippen MR) is 113 cm³/mol. The molecule has 1 N–H and O–H groups in total. The van der Waals surface area contributed by atoms with Crippen LogP contribution in [-0.4, -0.2) is 45.9 Å². The highest BCUT2D eigenvalue weighted by Crippen LogP contribution is 2.71. The second-order valence-corrected chi connectivity index (χ2v) is 10.6. The van der Waals surface area contributed by atoms with E-state index in [0.29, 0.717) is 19.3 Å². The van der Waals surface area contributed by atoms with Gasteiger partial charge in [-0.05, 0) is 56.1 Å². The molecule has 0 aromatic rings. The van der Waals surface area contributed by atoms with Gasteiger partial charge in [0.25, 0.3) is 0 Å². The first-order valence-corrected chi connectivity index (χ1v) is 11.5. The minimum Gasteiger partial charge on any atom is -0.450 e. The van der Waals surface area contributed by atoms with Gasteiger partial charge >= 0.3 is 5.97 Å². The number of halogens is 2. The third-order valence-corrected chi connectivity index (χ3v) is 9.83. The lowest BCUT2D eigenvalue weighted by atomic mass is 9.45. The number of esters is 1. The number of aliphatic hydroxyl groups is 1. The van der Waals surface area contributed by atoms with E-state index in [-0.39, 0.29) is 36.9 Å². The quantitative estimate of drug-likeness (QED) is 0.517. The van der Waals surface area contributed by atoms with Crippen molar-refractivity contribution in [1.82, 2.24) is 0 Å². The van der Waals surface area contributed by atoms with Crippen LogP contribution in [0.25, 0.3) is 0 Å². The lowest BCUT2D eigenvalue weighted by Gasteiger charge is -2.64. The van der Waals surface area contributed by atoms with E-state index in [4.69, 9.17) is 16.3 Å². The molecule has 0 spiro atoms. The summed E-state index contributed by atoms with van der Waals surface area (Å²) < 4.78 is 19.4. The third kappa shape index (κ3) is 2.73. The number of hydrogen-bond donors (Lipinski definition) is 1. The standard InChI is InChI=1S/C24H30ClFO5/c1-4-20(30)31-23(19(29)13-26)10-8-16-17-6-5-14-11-15(27)7-9-21(14,2)24(17,25)18(28)12-22(16,23)3/h7,9,11,16-18,28H,4-6,8,10,12-13H2,1-3H3/t16-,17-,18-,21-,22-,23+,24-/m0/s1. The van der Waals surface area contributed by atoms with Crippen LogP contribution in [0.3, 0.4) is 0 Å². The van der Waals surface area contributed by atoms with E-state index < -0.39 is 45.8 Å². The van der Waals surface area contributed by atoms with Crippen molar-refractivity contribution >= 4 is 29.1 Å². The molecular formula is C24H30ClFO5. The third-order valence-electron chi connectivity index (χ3n) is 8.91. The van der Waals surface area contributed by atoms with Gasteiger partial charge in [0, 0.05) is 17.3 Å². The van der Waals surface area contributed by atoms with Crippen molar-refractivity contribution in [3.63, 3.8) is 0 Å². The molecule has 170 valence electrons. The summed E-state index contributed by atoms with van der Waals surface area (Å²) >= 11 is 7.34. The number of alkyl halides is 2. The fourth-order valence-corrected chi connectivity index (χ4v) is 7.78. The van der Waals surface area contributed by atoms with Crippen LogP contribution in [0.4, 0.5) is 4.39 Å². The fourth-order valence-electron chi connectivity index (χ4n) is 7.26. The maximum absolute atomic E-state index is 13.7. The minimum atomic E-state index is -1.59. The van der Waals surface area contributed by atoms with Crippen LogP contribution >= 0.6 is 11.6 Å². The van der Waals surface area contributed by atoms with Gasteiger partial charge < -0.3 is 9.84 Å². The number of fused-ring (bicyclic) bond motifs is 5. The lowest BCUT2D eigenvalue weighted by Crippen LogP contribution is -2.69. The molecular weight excluding hydrogens is 423 g/mol. The number of rotatable bonds is 4. The van der Waals surface area contributed by atoms with Crippen molar-refractivity contribution in [1.29, 1.82) is 0 Å². The highest BCUT2D eigenvalue weighted by atomic mass is 35.5. The molecule has 0 aromatic heterocycles. The molecule has 0 aromatic carbocycles. The van der Waals surface area contributed by atoms with Crippen LogP contribution in [0.1, 0.15) is 59.3 Å². The molecule has 0 amide bonds. The average molecular weight is 453 g/mol. The number of ether oxygens (including phenoxy) is 1. The zero-order valence-corrected chi connectivity index (χ0v) is 19.0. The Hall–Kier alpha value is -1.53. The monoisotopic (exact) mass is 452 g/mol. The molecule has 3 saturated carbocycles. The van der Waals surface area contributed by atoms with Gasteiger partial charge in [-0.3, -0.25) is 14.4 Å². The Bertz CT molecular complexity index is 898. The van der Waals surface area contributed by atoms with E-state index >= 15 is 0 Å². The first kappa shape index (κ1) is 22.7. The second kappa shape index (κ2) is 7.24. The van der Waals surface area contributed by atoms with Crippen molar-refractivity contribution in [2.24, 2.45) is 22.7 Å². The molecule has 0 saturated heterocycles. The highest BCUT2D eigenvalue weighted by molar-refractivity contribution is 6.26. The van der Waals surface area contributed by atoms with Crippen LogP contribution in [0.15, 0.2) is 23.8 Å². The van der Waals surface area contributed by atoms with Crippen LogP contribution < -0.4 is 0 Å². The first-order valence-electron chi connectivity index (χ1n) is 11.1. The number of hydrogen-bond acceptors (Lipinski definition) is 5. The van der Waals surface area contributed by atoms with Gasteiger partial charge in [-0.1, -0.05) is 32.4 Å². The molecule has 4 aliphatic carbocycles. The SMILES string of the molecule is CCC(=O)O[C@@]1(C(=O)CF)CC[C@H]2[C@@H]3CCC4=CC(=O)C=C[C@]4(C)[C@@]3(Cl)[C@@H](O)C[C@@]21C. The van der Waals surface area contributed by atoms with Gasteiger partial charge in [-0.25, -0.2) is 4.39 Å². The largest absolute Gasteiger partial charge is 0.450 e. The van der Waals surface area contributed by atoms with Gasteiger partial charge in [-0.15, -0.1) is 11.6 Å². The molecule has 4 aliphatic rings. The minimum absolute atomic E-state index is 0.0819. The molecule has 0 bridgehead atoms. The summed E-state index contributed by atoms with van der Waals surface area (Å²) in [5.41, 5.74) is -2.30. The molecule has 0 heterocycles. The van der Waals surface area contributed by atoms with E-state index in [9.17, 15) is 23.9 Å². The van der Waals surface area contributed by atoms with Crippen molar-refractivity contribution in [2.45, 2.75) is 75.9 Å². The summed E-state index contributed by atoms with van der Waals surface area (Å²) in [6, 6.07) is 0. The molecule has 3 fully saturated rings. The Morgan fingerprint density at radius 2 is 2.00 bits per heavy atom. The Balaban J connectivity index is 1.81. The Morgan fingerprint density at radius 3 is 2.65 bits per heavy atom. The predicted octanol–water partition coefficient (Wildman–Crippen LogP) is 3.86. The van der Waals surface area contributed by atoms with E-state index in [1.54, 1.807) is 13.0 Å². The number of carbonyl (C=O) groups is 3. The number of allylic oxidation sites excluding steroid dienone is 4. The lowest BCUT2D eigenvalue weighted by molar-refractivity contribution is -0.196. The van der Waals surface area contributed by atoms with Gasteiger partial charge in [0.2, 0.25) is 5.78 Å². The summed E-state index contributed by atoms with van der Waals surface area (Å²) in [6.07, 6.45) is 6.19. The van der Waals surface area contributed by atoms with Crippen molar-refractivity contribution in [3.8, 4) is 0 Å². The topological polar surface area (TPSA) is 80.7 Å². The zero-order valence-electron chi connectivity index (χ0n) is 18.2. The number of carbonyl (C=O) groups excluding carboxylic acids is 3. The smallest absolute Gasteiger partial charge is 0.306 e. The molecule has 7 atom stereocenters. The molecule has 5 nitrogen and oxygen atoms in total.